The molecule has 5 nitrogen and oxygen atoms in total. The minimum Gasteiger partial charge on any atom is -0.458 e. The molecule has 2 aliphatic rings. The molecule has 4 N–H and O–H groups in total. The van der Waals surface area contributed by atoms with Crippen LogP contribution in [0.4, 0.5) is 5.69 Å². The van der Waals surface area contributed by atoms with E-state index >= 15 is 0 Å². The summed E-state index contributed by atoms with van der Waals surface area (Å²) in [6, 6.07) is 5.45. The average molecular weight is 287 g/mol. The minimum absolute atomic E-state index is 0.0958. The van der Waals surface area contributed by atoms with E-state index in [4.69, 9.17) is 15.9 Å². The molecule has 1 fully saturated rings. The highest BCUT2D eigenvalue weighted by Gasteiger charge is 2.32. The van der Waals surface area contributed by atoms with E-state index in [1.54, 1.807) is 12.1 Å². The number of anilines is 1. The molecule has 1 saturated carbocycles. The van der Waals surface area contributed by atoms with E-state index in [9.17, 15) is 4.79 Å². The van der Waals surface area contributed by atoms with E-state index < -0.39 is 0 Å². The maximum Gasteiger partial charge on any atom is 0.338 e. The summed E-state index contributed by atoms with van der Waals surface area (Å²) in [6.45, 7) is 0. The van der Waals surface area contributed by atoms with Gasteiger partial charge in [0.25, 0.3) is 0 Å². The van der Waals surface area contributed by atoms with Crippen LogP contribution in [-0.2, 0) is 11.2 Å². The summed E-state index contributed by atoms with van der Waals surface area (Å²) in [5.74, 6) is 0.214. The molecule has 0 amide bonds. The van der Waals surface area contributed by atoms with Gasteiger partial charge in [0.2, 0.25) is 0 Å². The van der Waals surface area contributed by atoms with Crippen molar-refractivity contribution in [1.29, 1.82) is 5.41 Å². The summed E-state index contributed by atoms with van der Waals surface area (Å²) in [5, 5.41) is 10.1. The molecule has 2 unspecified atom stereocenters. The first-order valence-electron chi connectivity index (χ1n) is 7.58. The van der Waals surface area contributed by atoms with Gasteiger partial charge in [-0.05, 0) is 68.2 Å². The van der Waals surface area contributed by atoms with E-state index in [-0.39, 0.29) is 18.0 Å². The number of hydrogen-bond donors (Lipinski definition) is 3. The Labute approximate surface area is 124 Å². The lowest BCUT2D eigenvalue weighted by Crippen LogP contribution is -2.22. The second kappa shape index (κ2) is 5.76. The van der Waals surface area contributed by atoms with Crippen LogP contribution in [0.5, 0.6) is 0 Å². The number of fused-ring (bicyclic) bond motifs is 2. The molecule has 0 radical (unpaired) electrons. The highest BCUT2D eigenvalue weighted by molar-refractivity contribution is 5.94. The van der Waals surface area contributed by atoms with Gasteiger partial charge in [0.15, 0.2) is 5.96 Å². The molecule has 1 aromatic rings. The summed E-state index contributed by atoms with van der Waals surface area (Å²) in [6.07, 6.45) is 6.47. The van der Waals surface area contributed by atoms with Gasteiger partial charge in [-0.25, -0.2) is 4.79 Å². The van der Waals surface area contributed by atoms with E-state index in [0.29, 0.717) is 11.5 Å². The number of benzene rings is 1. The number of guanidine groups is 1. The summed E-state index contributed by atoms with van der Waals surface area (Å²) in [5.41, 5.74) is 7.72. The summed E-state index contributed by atoms with van der Waals surface area (Å²) in [4.78, 5) is 12.4. The van der Waals surface area contributed by atoms with E-state index in [0.717, 1.165) is 43.4 Å². The molecule has 1 heterocycles. The van der Waals surface area contributed by atoms with Crippen LogP contribution in [0.25, 0.3) is 0 Å². The molecule has 0 bridgehead atoms. The zero-order chi connectivity index (χ0) is 14.8. The SMILES string of the molecule is N=C(N)Nc1ccc2c(c1)CCCC1CCCC1OC2=O. The monoisotopic (exact) mass is 287 g/mol. The maximum atomic E-state index is 12.4. The van der Waals surface area contributed by atoms with Crippen LogP contribution in [0.1, 0.15) is 48.0 Å². The van der Waals surface area contributed by atoms with Crippen LogP contribution in [-0.4, -0.2) is 18.0 Å². The minimum atomic E-state index is -0.210. The average Bonchev–Trinajstić information content (AvgIpc) is 2.86. The summed E-state index contributed by atoms with van der Waals surface area (Å²) < 4.78 is 5.72. The van der Waals surface area contributed by atoms with E-state index in [1.807, 2.05) is 6.07 Å². The molecule has 5 heteroatoms. The predicted octanol–water partition coefficient (Wildman–Crippen LogP) is 2.65. The van der Waals surface area contributed by atoms with Crippen molar-refractivity contribution in [3.63, 3.8) is 0 Å². The Morgan fingerprint density at radius 1 is 1.29 bits per heavy atom. The molecular weight excluding hydrogens is 266 g/mol. The Bertz CT molecular complexity index is 571. The molecule has 1 aromatic carbocycles. The largest absolute Gasteiger partial charge is 0.458 e. The van der Waals surface area contributed by atoms with Crippen molar-refractivity contribution in [1.82, 2.24) is 0 Å². The zero-order valence-electron chi connectivity index (χ0n) is 12.0. The quantitative estimate of drug-likeness (QED) is 0.421. The number of ether oxygens (including phenoxy) is 1. The van der Waals surface area contributed by atoms with Crippen molar-refractivity contribution in [2.75, 3.05) is 5.32 Å². The number of esters is 1. The number of carbonyl (C=O) groups is 1. The van der Waals surface area contributed by atoms with Crippen LogP contribution in [0.15, 0.2) is 18.2 Å². The van der Waals surface area contributed by atoms with Crippen LogP contribution >= 0.6 is 0 Å². The van der Waals surface area contributed by atoms with Gasteiger partial charge in [-0.1, -0.05) is 0 Å². The fraction of sp³-hybridized carbons (Fsp3) is 0.500. The molecule has 3 rings (SSSR count). The molecule has 0 spiro atoms. The molecular formula is C16H21N3O2. The third-order valence-electron chi connectivity index (χ3n) is 4.47. The number of carbonyl (C=O) groups excluding carboxylic acids is 1. The number of hydrogen-bond acceptors (Lipinski definition) is 3. The van der Waals surface area contributed by atoms with Gasteiger partial charge in [-0.2, -0.15) is 0 Å². The first kappa shape index (κ1) is 13.9. The van der Waals surface area contributed by atoms with Crippen LogP contribution in [0, 0.1) is 11.3 Å². The van der Waals surface area contributed by atoms with Gasteiger partial charge in [0.05, 0.1) is 5.56 Å². The maximum absolute atomic E-state index is 12.4. The highest BCUT2D eigenvalue weighted by atomic mass is 16.5. The topological polar surface area (TPSA) is 88.2 Å². The zero-order valence-corrected chi connectivity index (χ0v) is 12.0. The fourth-order valence-corrected chi connectivity index (χ4v) is 3.48. The summed E-state index contributed by atoms with van der Waals surface area (Å²) >= 11 is 0. The van der Waals surface area contributed by atoms with Gasteiger partial charge >= 0.3 is 5.97 Å². The smallest absolute Gasteiger partial charge is 0.338 e. The van der Waals surface area contributed by atoms with E-state index in [1.165, 1.54) is 6.42 Å². The van der Waals surface area contributed by atoms with Gasteiger partial charge in [0, 0.05) is 5.69 Å². The molecule has 1 aliphatic carbocycles. The van der Waals surface area contributed by atoms with Crippen molar-refractivity contribution >= 4 is 17.6 Å². The Balaban J connectivity index is 1.87. The van der Waals surface area contributed by atoms with Crippen molar-refractivity contribution in [2.45, 2.75) is 44.6 Å². The Hall–Kier alpha value is -2.04. The number of aryl methyl sites for hydroxylation is 1. The lowest BCUT2D eigenvalue weighted by molar-refractivity contribution is 0.0202. The van der Waals surface area contributed by atoms with Gasteiger partial charge in [-0.3, -0.25) is 5.41 Å². The molecule has 21 heavy (non-hydrogen) atoms. The van der Waals surface area contributed by atoms with Crippen LogP contribution < -0.4 is 11.1 Å². The van der Waals surface area contributed by atoms with E-state index in [2.05, 4.69) is 5.32 Å². The first-order chi connectivity index (χ1) is 10.1. The second-order valence-electron chi connectivity index (χ2n) is 5.94. The molecule has 0 aromatic heterocycles. The van der Waals surface area contributed by atoms with Crippen molar-refractivity contribution < 1.29 is 9.53 Å². The standard InChI is InChI=1S/C16H21N3O2/c17-16(18)19-12-7-8-13-11(9-12)5-1-3-10-4-2-6-14(10)21-15(13)20/h7-10,14H,1-6H2,(H4,17,18,19). The van der Waals surface area contributed by atoms with Gasteiger partial charge < -0.3 is 15.8 Å². The Morgan fingerprint density at radius 2 is 2.10 bits per heavy atom. The van der Waals surface area contributed by atoms with Crippen LogP contribution in [0.2, 0.25) is 0 Å². The highest BCUT2D eigenvalue weighted by Crippen LogP contribution is 2.34. The molecule has 2 atom stereocenters. The summed E-state index contributed by atoms with van der Waals surface area (Å²) in [7, 11) is 0. The predicted molar refractivity (Wildman–Crippen MR) is 81.5 cm³/mol. The van der Waals surface area contributed by atoms with Gasteiger partial charge in [0.1, 0.15) is 6.10 Å². The number of nitrogens with one attached hydrogen (secondary N) is 2. The molecule has 0 saturated heterocycles. The number of nitrogens with two attached hydrogens (primary N) is 1. The van der Waals surface area contributed by atoms with Gasteiger partial charge in [-0.15, -0.1) is 0 Å². The fourth-order valence-electron chi connectivity index (χ4n) is 3.48. The Kier molecular flexibility index (Phi) is 3.82. The lowest BCUT2D eigenvalue weighted by atomic mass is 9.96. The van der Waals surface area contributed by atoms with Crippen LogP contribution in [0.3, 0.4) is 0 Å². The Morgan fingerprint density at radius 3 is 2.90 bits per heavy atom. The van der Waals surface area contributed by atoms with Crippen molar-refractivity contribution in [3.8, 4) is 0 Å². The second-order valence-corrected chi connectivity index (χ2v) is 5.94. The van der Waals surface area contributed by atoms with Crippen molar-refractivity contribution in [2.24, 2.45) is 11.7 Å². The number of rotatable bonds is 1. The third kappa shape index (κ3) is 3.01. The lowest BCUT2D eigenvalue weighted by Gasteiger charge is -2.18. The third-order valence-corrected chi connectivity index (χ3v) is 4.47. The molecule has 112 valence electrons. The van der Waals surface area contributed by atoms with Crippen molar-refractivity contribution in [3.05, 3.63) is 29.3 Å². The molecule has 1 aliphatic heterocycles. The first-order valence-corrected chi connectivity index (χ1v) is 7.58. The normalized spacial score (nSPS) is 24.9.